The van der Waals surface area contributed by atoms with Crippen LogP contribution in [0, 0.1) is 0 Å². The normalized spacial score (nSPS) is 16.9. The zero-order valence-electron chi connectivity index (χ0n) is 11.9. The average molecular weight is 311 g/mol. The largest absolute Gasteiger partial charge is 0.481 e. The Kier molecular flexibility index (Phi) is 6.25. The maximum Gasteiger partial charge on any atom is 0.401 e. The highest BCUT2D eigenvalue weighted by atomic mass is 19.4. The number of carboxylic acid groups (broad SMARTS) is 1. The lowest BCUT2D eigenvalue weighted by Gasteiger charge is -2.37. The van der Waals surface area contributed by atoms with Crippen molar-refractivity contribution in [2.24, 2.45) is 0 Å². The van der Waals surface area contributed by atoms with Crippen LogP contribution >= 0.6 is 0 Å². The smallest absolute Gasteiger partial charge is 0.401 e. The molecule has 1 N–H and O–H groups in total. The van der Waals surface area contributed by atoms with Crippen LogP contribution in [0.25, 0.3) is 0 Å². The summed E-state index contributed by atoms with van der Waals surface area (Å²) in [6.45, 7) is 2.02. The molecule has 0 unspecified atom stereocenters. The van der Waals surface area contributed by atoms with Gasteiger partial charge in [-0.2, -0.15) is 13.2 Å². The molecule has 2 amide bonds. The molecule has 1 aliphatic heterocycles. The summed E-state index contributed by atoms with van der Waals surface area (Å²) in [4.78, 5) is 26.8. The number of piperazine rings is 1. The number of hydrogen-bond donors (Lipinski definition) is 1. The van der Waals surface area contributed by atoms with Gasteiger partial charge in [0.2, 0.25) is 0 Å². The van der Waals surface area contributed by atoms with Crippen molar-refractivity contribution in [3.63, 3.8) is 0 Å². The number of nitrogens with zero attached hydrogens (tertiary/aromatic N) is 3. The number of hydrogen-bond acceptors (Lipinski definition) is 3. The summed E-state index contributed by atoms with van der Waals surface area (Å²) in [6.07, 6.45) is -4.38. The first-order valence-corrected chi connectivity index (χ1v) is 6.77. The van der Waals surface area contributed by atoms with E-state index in [2.05, 4.69) is 0 Å². The van der Waals surface area contributed by atoms with Gasteiger partial charge in [-0.05, 0) is 6.92 Å². The Bertz CT molecular complexity index is 368. The number of aliphatic carboxylic acids is 1. The summed E-state index contributed by atoms with van der Waals surface area (Å²) in [6, 6.07) is -0.314. The zero-order valence-corrected chi connectivity index (χ0v) is 11.9. The number of rotatable bonds is 5. The molecule has 1 heterocycles. The number of halogens is 3. The molecule has 0 aromatic rings. The first-order chi connectivity index (χ1) is 9.73. The minimum Gasteiger partial charge on any atom is -0.481 e. The molecular formula is C12H20F3N3O3. The molecule has 0 atom stereocenters. The van der Waals surface area contributed by atoms with E-state index in [1.165, 1.54) is 14.7 Å². The van der Waals surface area contributed by atoms with Crippen molar-refractivity contribution in [2.75, 3.05) is 45.8 Å². The molecule has 1 fully saturated rings. The average Bonchev–Trinajstić information content (AvgIpc) is 2.37. The van der Waals surface area contributed by atoms with Crippen molar-refractivity contribution >= 4 is 12.0 Å². The fraction of sp³-hybridized carbons (Fsp3) is 0.833. The Labute approximate surface area is 121 Å². The van der Waals surface area contributed by atoms with E-state index in [-0.39, 0.29) is 45.2 Å². The molecule has 1 saturated heterocycles. The lowest BCUT2D eigenvalue weighted by molar-refractivity contribution is -0.148. The standard InChI is InChI=1S/C12H20F3N3O3/c1-2-17(4-3-10(19)20)11(21)18-7-5-16(6-8-18)9-12(13,14)15/h2-9H2,1H3,(H,19,20). The predicted octanol–water partition coefficient (Wildman–Crippen LogP) is 1.08. The molecule has 0 aromatic carbocycles. The number of amides is 2. The first-order valence-electron chi connectivity index (χ1n) is 6.77. The van der Waals surface area contributed by atoms with E-state index in [4.69, 9.17) is 5.11 Å². The second-order valence-corrected chi connectivity index (χ2v) is 4.88. The topological polar surface area (TPSA) is 64.1 Å². The van der Waals surface area contributed by atoms with Gasteiger partial charge in [0.15, 0.2) is 0 Å². The molecule has 0 saturated carbocycles. The fourth-order valence-corrected chi connectivity index (χ4v) is 2.17. The minimum absolute atomic E-state index is 0.105. The summed E-state index contributed by atoms with van der Waals surface area (Å²) in [5, 5.41) is 8.63. The van der Waals surface area contributed by atoms with Crippen molar-refractivity contribution in [3.05, 3.63) is 0 Å². The van der Waals surface area contributed by atoms with E-state index >= 15 is 0 Å². The molecule has 0 spiro atoms. The Balaban J connectivity index is 2.44. The van der Waals surface area contributed by atoms with Gasteiger partial charge in [0.1, 0.15) is 0 Å². The quantitative estimate of drug-likeness (QED) is 0.825. The van der Waals surface area contributed by atoms with Crippen molar-refractivity contribution in [1.29, 1.82) is 0 Å². The maximum absolute atomic E-state index is 12.3. The van der Waals surface area contributed by atoms with Crippen LogP contribution in [-0.2, 0) is 4.79 Å². The SMILES string of the molecule is CCN(CCC(=O)O)C(=O)N1CCN(CC(F)(F)F)CC1. The van der Waals surface area contributed by atoms with Crippen molar-refractivity contribution < 1.29 is 27.9 Å². The van der Waals surface area contributed by atoms with Gasteiger partial charge < -0.3 is 14.9 Å². The molecule has 21 heavy (non-hydrogen) atoms. The third kappa shape index (κ3) is 6.19. The van der Waals surface area contributed by atoms with E-state index in [0.29, 0.717) is 6.54 Å². The zero-order chi connectivity index (χ0) is 16.0. The van der Waals surface area contributed by atoms with Gasteiger partial charge in [0.25, 0.3) is 0 Å². The molecule has 0 aromatic heterocycles. The molecule has 1 aliphatic rings. The van der Waals surface area contributed by atoms with Crippen LogP contribution in [0.1, 0.15) is 13.3 Å². The monoisotopic (exact) mass is 311 g/mol. The van der Waals surface area contributed by atoms with Crippen LogP contribution in [0.3, 0.4) is 0 Å². The summed E-state index contributed by atoms with van der Waals surface area (Å²) in [5.74, 6) is -0.990. The highest BCUT2D eigenvalue weighted by Crippen LogP contribution is 2.17. The van der Waals surface area contributed by atoms with Gasteiger partial charge >= 0.3 is 18.2 Å². The summed E-state index contributed by atoms with van der Waals surface area (Å²) in [5.41, 5.74) is 0. The molecule has 0 radical (unpaired) electrons. The van der Waals surface area contributed by atoms with Crippen LogP contribution in [0.4, 0.5) is 18.0 Å². The lowest BCUT2D eigenvalue weighted by Crippen LogP contribution is -2.54. The number of urea groups is 1. The van der Waals surface area contributed by atoms with E-state index in [1.54, 1.807) is 6.92 Å². The molecule has 6 nitrogen and oxygen atoms in total. The number of alkyl halides is 3. The molecular weight excluding hydrogens is 291 g/mol. The molecule has 0 aliphatic carbocycles. The molecule has 1 rings (SSSR count). The van der Waals surface area contributed by atoms with E-state index in [0.717, 1.165) is 0 Å². The second kappa shape index (κ2) is 7.48. The summed E-state index contributed by atoms with van der Waals surface area (Å²) in [7, 11) is 0. The van der Waals surface area contributed by atoms with Crippen LogP contribution in [0.5, 0.6) is 0 Å². The van der Waals surface area contributed by atoms with Gasteiger partial charge in [0.05, 0.1) is 13.0 Å². The Morgan fingerprint density at radius 2 is 1.76 bits per heavy atom. The minimum atomic E-state index is -4.23. The van der Waals surface area contributed by atoms with Crippen LogP contribution in [0.15, 0.2) is 0 Å². The predicted molar refractivity (Wildman–Crippen MR) is 69.0 cm³/mol. The van der Waals surface area contributed by atoms with Crippen molar-refractivity contribution in [2.45, 2.75) is 19.5 Å². The van der Waals surface area contributed by atoms with Gasteiger partial charge in [-0.15, -0.1) is 0 Å². The lowest BCUT2D eigenvalue weighted by atomic mass is 10.3. The van der Waals surface area contributed by atoms with E-state index in [1.807, 2.05) is 0 Å². The van der Waals surface area contributed by atoms with Gasteiger partial charge in [-0.3, -0.25) is 9.69 Å². The van der Waals surface area contributed by atoms with E-state index in [9.17, 15) is 22.8 Å². The molecule has 122 valence electrons. The second-order valence-electron chi connectivity index (χ2n) is 4.88. The fourth-order valence-electron chi connectivity index (χ4n) is 2.17. The Morgan fingerprint density at radius 3 is 2.19 bits per heavy atom. The first kappa shape index (κ1) is 17.5. The van der Waals surface area contributed by atoms with Crippen LogP contribution < -0.4 is 0 Å². The summed E-state index contributed by atoms with van der Waals surface area (Å²) >= 11 is 0. The Morgan fingerprint density at radius 1 is 1.19 bits per heavy atom. The highest BCUT2D eigenvalue weighted by molar-refractivity contribution is 5.75. The molecule has 9 heteroatoms. The van der Waals surface area contributed by atoms with Crippen molar-refractivity contribution in [1.82, 2.24) is 14.7 Å². The summed E-state index contributed by atoms with van der Waals surface area (Å²) < 4.78 is 36.8. The van der Waals surface area contributed by atoms with Gasteiger partial charge in [0, 0.05) is 39.3 Å². The van der Waals surface area contributed by atoms with Gasteiger partial charge in [-0.25, -0.2) is 4.79 Å². The third-order valence-electron chi connectivity index (χ3n) is 3.29. The highest BCUT2D eigenvalue weighted by Gasteiger charge is 2.33. The van der Waals surface area contributed by atoms with Crippen LogP contribution in [0.2, 0.25) is 0 Å². The van der Waals surface area contributed by atoms with Gasteiger partial charge in [-0.1, -0.05) is 0 Å². The van der Waals surface area contributed by atoms with Crippen molar-refractivity contribution in [3.8, 4) is 0 Å². The van der Waals surface area contributed by atoms with E-state index < -0.39 is 18.7 Å². The number of carbonyl (C=O) groups is 2. The maximum atomic E-state index is 12.3. The third-order valence-corrected chi connectivity index (χ3v) is 3.29. The molecule has 0 bridgehead atoms. The number of carboxylic acids is 1. The van der Waals surface area contributed by atoms with Crippen LogP contribution in [-0.4, -0.2) is 83.8 Å². The Hall–Kier alpha value is -1.51. The number of carbonyl (C=O) groups excluding carboxylic acids is 1.